The molecule has 0 amide bonds. The van der Waals surface area contributed by atoms with Crippen molar-refractivity contribution >= 4 is 28.3 Å². The van der Waals surface area contributed by atoms with Crippen LogP contribution in [-0.4, -0.2) is 11.8 Å². The first-order valence-electron chi connectivity index (χ1n) is 7.29. The SMILES string of the molecule is O=C1O/C(=C\C(=O)c2cccc3ccccc23)c2ccccc21. The number of esters is 1. The molecule has 0 aliphatic carbocycles. The first kappa shape index (κ1) is 13.5. The van der Waals surface area contributed by atoms with Gasteiger partial charge in [0.2, 0.25) is 0 Å². The number of benzene rings is 3. The van der Waals surface area contributed by atoms with Crippen molar-refractivity contribution in [2.75, 3.05) is 0 Å². The fraction of sp³-hybridized carbons (Fsp3) is 0. The van der Waals surface area contributed by atoms with E-state index in [1.54, 1.807) is 24.3 Å². The monoisotopic (exact) mass is 300 g/mol. The smallest absolute Gasteiger partial charge is 0.344 e. The number of fused-ring (bicyclic) bond motifs is 2. The minimum absolute atomic E-state index is 0.179. The van der Waals surface area contributed by atoms with Gasteiger partial charge in [-0.2, -0.15) is 0 Å². The second-order valence-corrected chi connectivity index (χ2v) is 5.33. The van der Waals surface area contributed by atoms with Crippen LogP contribution in [-0.2, 0) is 4.74 Å². The third kappa shape index (κ3) is 2.23. The number of hydrogen-bond donors (Lipinski definition) is 0. The van der Waals surface area contributed by atoms with Gasteiger partial charge in [-0.15, -0.1) is 0 Å². The van der Waals surface area contributed by atoms with Gasteiger partial charge in [-0.3, -0.25) is 4.79 Å². The van der Waals surface area contributed by atoms with Crippen LogP contribution in [0, 0.1) is 0 Å². The number of ether oxygens (including phenoxy) is 1. The topological polar surface area (TPSA) is 43.4 Å². The Hall–Kier alpha value is -3.20. The van der Waals surface area contributed by atoms with Crippen LogP contribution in [0.2, 0.25) is 0 Å². The van der Waals surface area contributed by atoms with E-state index < -0.39 is 5.97 Å². The second-order valence-electron chi connectivity index (χ2n) is 5.33. The highest BCUT2D eigenvalue weighted by molar-refractivity contribution is 6.17. The van der Waals surface area contributed by atoms with Gasteiger partial charge < -0.3 is 4.74 Å². The second kappa shape index (κ2) is 5.21. The molecule has 0 saturated carbocycles. The van der Waals surface area contributed by atoms with Crippen LogP contribution in [0.15, 0.2) is 72.8 Å². The van der Waals surface area contributed by atoms with Gasteiger partial charge in [-0.25, -0.2) is 4.79 Å². The highest BCUT2D eigenvalue weighted by Gasteiger charge is 2.26. The third-order valence-electron chi connectivity index (χ3n) is 3.93. The van der Waals surface area contributed by atoms with Crippen LogP contribution in [0.5, 0.6) is 0 Å². The van der Waals surface area contributed by atoms with Gasteiger partial charge in [-0.1, -0.05) is 60.7 Å². The van der Waals surface area contributed by atoms with Crippen molar-refractivity contribution < 1.29 is 14.3 Å². The lowest BCUT2D eigenvalue weighted by Gasteiger charge is -2.04. The fourth-order valence-corrected chi connectivity index (χ4v) is 2.83. The molecule has 3 aromatic rings. The van der Waals surface area contributed by atoms with Crippen molar-refractivity contribution in [2.45, 2.75) is 0 Å². The molecule has 3 aromatic carbocycles. The van der Waals surface area contributed by atoms with Gasteiger partial charge in [0.05, 0.1) is 5.56 Å². The van der Waals surface area contributed by atoms with E-state index in [0.717, 1.165) is 10.8 Å². The summed E-state index contributed by atoms with van der Waals surface area (Å²) in [6.07, 6.45) is 1.39. The average molecular weight is 300 g/mol. The number of hydrogen-bond acceptors (Lipinski definition) is 3. The molecule has 0 saturated heterocycles. The lowest BCUT2D eigenvalue weighted by Crippen LogP contribution is -1.98. The fourth-order valence-electron chi connectivity index (χ4n) is 2.83. The third-order valence-corrected chi connectivity index (χ3v) is 3.93. The van der Waals surface area contributed by atoms with Crippen molar-refractivity contribution in [2.24, 2.45) is 0 Å². The van der Waals surface area contributed by atoms with E-state index >= 15 is 0 Å². The molecule has 0 atom stereocenters. The van der Waals surface area contributed by atoms with E-state index in [2.05, 4.69) is 0 Å². The van der Waals surface area contributed by atoms with Crippen LogP contribution in [0.4, 0.5) is 0 Å². The molecule has 1 heterocycles. The van der Waals surface area contributed by atoms with Crippen LogP contribution in [0.1, 0.15) is 26.3 Å². The van der Waals surface area contributed by atoms with Crippen molar-refractivity contribution in [1.29, 1.82) is 0 Å². The molecule has 0 fully saturated rings. The lowest BCUT2D eigenvalue weighted by molar-refractivity contribution is 0.0715. The number of carbonyl (C=O) groups excluding carboxylic acids is 2. The lowest BCUT2D eigenvalue weighted by atomic mass is 10.00. The zero-order chi connectivity index (χ0) is 15.8. The molecule has 0 unspecified atom stereocenters. The van der Waals surface area contributed by atoms with Crippen LogP contribution >= 0.6 is 0 Å². The summed E-state index contributed by atoms with van der Waals surface area (Å²) in [6.45, 7) is 0. The maximum absolute atomic E-state index is 12.7. The average Bonchev–Trinajstić information content (AvgIpc) is 2.91. The summed E-state index contributed by atoms with van der Waals surface area (Å²) in [5, 5.41) is 1.88. The molecule has 0 N–H and O–H groups in total. The molecule has 3 nitrogen and oxygen atoms in total. The Morgan fingerprint density at radius 3 is 2.39 bits per heavy atom. The number of allylic oxidation sites excluding steroid dienone is 1. The zero-order valence-corrected chi connectivity index (χ0v) is 12.2. The largest absolute Gasteiger partial charge is 0.422 e. The number of ketones is 1. The van der Waals surface area contributed by atoms with Gasteiger partial charge in [0.15, 0.2) is 5.78 Å². The van der Waals surface area contributed by atoms with Crippen molar-refractivity contribution in [3.05, 3.63) is 89.5 Å². The summed E-state index contributed by atoms with van der Waals surface area (Å²) in [5.41, 5.74) is 1.74. The van der Waals surface area contributed by atoms with E-state index in [1.165, 1.54) is 6.08 Å². The highest BCUT2D eigenvalue weighted by Crippen LogP contribution is 2.30. The quantitative estimate of drug-likeness (QED) is 0.404. The molecule has 0 bridgehead atoms. The van der Waals surface area contributed by atoms with E-state index in [1.807, 2.05) is 42.5 Å². The Morgan fingerprint density at radius 2 is 1.52 bits per heavy atom. The minimum Gasteiger partial charge on any atom is -0.422 e. The Balaban J connectivity index is 1.80. The Kier molecular flexibility index (Phi) is 3.05. The molecule has 110 valence electrons. The minimum atomic E-state index is -0.419. The molecule has 23 heavy (non-hydrogen) atoms. The maximum Gasteiger partial charge on any atom is 0.344 e. The summed E-state index contributed by atoms with van der Waals surface area (Å²) in [4.78, 5) is 24.5. The van der Waals surface area contributed by atoms with Crippen molar-refractivity contribution in [1.82, 2.24) is 0 Å². The molecule has 4 rings (SSSR count). The van der Waals surface area contributed by atoms with Crippen LogP contribution in [0.25, 0.3) is 16.5 Å². The van der Waals surface area contributed by atoms with E-state index in [-0.39, 0.29) is 5.78 Å². The normalized spacial score (nSPS) is 14.8. The highest BCUT2D eigenvalue weighted by atomic mass is 16.5. The van der Waals surface area contributed by atoms with E-state index in [4.69, 9.17) is 4.74 Å². The number of rotatable bonds is 2. The van der Waals surface area contributed by atoms with Crippen LogP contribution in [0.3, 0.4) is 0 Å². The molecule has 1 aliphatic heterocycles. The Labute approximate surface area is 132 Å². The predicted octanol–water partition coefficient (Wildman–Crippen LogP) is 4.23. The van der Waals surface area contributed by atoms with Gasteiger partial charge in [0.25, 0.3) is 0 Å². The van der Waals surface area contributed by atoms with Crippen molar-refractivity contribution in [3.8, 4) is 0 Å². The van der Waals surface area contributed by atoms with Gasteiger partial charge >= 0.3 is 5.97 Å². The Morgan fingerprint density at radius 1 is 0.826 bits per heavy atom. The van der Waals surface area contributed by atoms with Gasteiger partial charge in [0.1, 0.15) is 5.76 Å². The van der Waals surface area contributed by atoms with E-state index in [0.29, 0.717) is 22.4 Å². The standard InChI is InChI=1S/C20H12O3/c21-18(15-11-5-7-13-6-1-2-8-14(13)15)12-19-16-9-3-4-10-17(16)20(22)23-19/h1-12H/b19-12-. The zero-order valence-electron chi connectivity index (χ0n) is 12.2. The summed E-state index contributed by atoms with van der Waals surface area (Å²) in [6, 6.07) is 20.4. The molecule has 0 radical (unpaired) electrons. The molecule has 1 aliphatic rings. The summed E-state index contributed by atoms with van der Waals surface area (Å²) in [5.74, 6) is -0.289. The molecule has 3 heteroatoms. The summed E-state index contributed by atoms with van der Waals surface area (Å²) >= 11 is 0. The molecule has 0 aromatic heterocycles. The van der Waals surface area contributed by atoms with Gasteiger partial charge in [0, 0.05) is 17.2 Å². The summed E-state index contributed by atoms with van der Waals surface area (Å²) in [7, 11) is 0. The first-order valence-corrected chi connectivity index (χ1v) is 7.29. The van der Waals surface area contributed by atoms with Crippen LogP contribution < -0.4 is 0 Å². The maximum atomic E-state index is 12.7. The first-order chi connectivity index (χ1) is 11.2. The molecular weight excluding hydrogens is 288 g/mol. The van der Waals surface area contributed by atoms with Gasteiger partial charge in [-0.05, 0) is 16.8 Å². The van der Waals surface area contributed by atoms with E-state index in [9.17, 15) is 9.59 Å². The van der Waals surface area contributed by atoms with Crippen molar-refractivity contribution in [3.63, 3.8) is 0 Å². The molecule has 0 spiro atoms. The number of carbonyl (C=O) groups is 2. The summed E-state index contributed by atoms with van der Waals surface area (Å²) < 4.78 is 5.24. The number of cyclic esters (lactones) is 1. The molecular formula is C20H12O3. The Bertz CT molecular complexity index is 978. The predicted molar refractivity (Wildman–Crippen MR) is 88.1 cm³/mol.